The largest absolute Gasteiger partial charge is 0.293 e. The number of carbonyl (C=O) groups excluding carboxylic acids is 1. The van der Waals surface area contributed by atoms with Crippen LogP contribution >= 0.6 is 22.9 Å². The molecular formula is C18H12ClFOS. The predicted octanol–water partition coefficient (Wildman–Crippen LogP) is 5.63. The quantitative estimate of drug-likeness (QED) is 0.566. The molecule has 0 aliphatic rings. The number of hydrogen-bond donors (Lipinski definition) is 0. The number of ketones is 1. The van der Waals surface area contributed by atoms with Gasteiger partial charge in [0.25, 0.3) is 0 Å². The van der Waals surface area contributed by atoms with Crippen LogP contribution in [0.2, 0.25) is 5.02 Å². The number of benzene rings is 2. The summed E-state index contributed by atoms with van der Waals surface area (Å²) < 4.78 is 12.9. The van der Waals surface area contributed by atoms with Gasteiger partial charge in [-0.2, -0.15) is 0 Å². The molecule has 4 heteroatoms. The van der Waals surface area contributed by atoms with Crippen molar-refractivity contribution in [3.63, 3.8) is 0 Å². The van der Waals surface area contributed by atoms with Gasteiger partial charge in [0.05, 0.1) is 4.88 Å². The summed E-state index contributed by atoms with van der Waals surface area (Å²) in [5, 5.41) is 0.658. The van der Waals surface area contributed by atoms with E-state index in [2.05, 4.69) is 0 Å². The van der Waals surface area contributed by atoms with Gasteiger partial charge < -0.3 is 0 Å². The molecule has 0 N–H and O–H groups in total. The number of hydrogen-bond acceptors (Lipinski definition) is 2. The average molecular weight is 331 g/mol. The third-order valence-corrected chi connectivity index (χ3v) is 4.71. The maximum absolute atomic E-state index is 12.9. The van der Waals surface area contributed by atoms with Gasteiger partial charge in [0, 0.05) is 16.3 Å². The summed E-state index contributed by atoms with van der Waals surface area (Å²) in [5.41, 5.74) is 1.85. The van der Waals surface area contributed by atoms with Crippen LogP contribution in [0, 0.1) is 5.82 Å². The first-order chi connectivity index (χ1) is 10.6. The van der Waals surface area contributed by atoms with Crippen LogP contribution in [0.15, 0.2) is 60.7 Å². The van der Waals surface area contributed by atoms with Crippen LogP contribution in [0.25, 0.3) is 10.4 Å². The standard InChI is InChI=1S/C18H12ClFOS/c19-14-5-1-12(2-6-14)11-16(21)18-10-9-17(22-18)13-3-7-15(20)8-4-13/h1-10H,11H2. The lowest BCUT2D eigenvalue weighted by atomic mass is 10.1. The molecule has 0 aliphatic heterocycles. The Labute approximate surface area is 137 Å². The molecule has 1 nitrogen and oxygen atoms in total. The Morgan fingerprint density at radius 3 is 2.32 bits per heavy atom. The van der Waals surface area contributed by atoms with Crippen molar-refractivity contribution < 1.29 is 9.18 Å². The Morgan fingerprint density at radius 1 is 0.955 bits per heavy atom. The SMILES string of the molecule is O=C(Cc1ccc(Cl)cc1)c1ccc(-c2ccc(F)cc2)s1. The first kappa shape index (κ1) is 14.9. The van der Waals surface area contributed by atoms with Crippen LogP contribution in [0.3, 0.4) is 0 Å². The van der Waals surface area contributed by atoms with Crippen molar-refractivity contribution in [1.82, 2.24) is 0 Å². The van der Waals surface area contributed by atoms with Crippen LogP contribution in [-0.4, -0.2) is 5.78 Å². The van der Waals surface area contributed by atoms with Crippen molar-refractivity contribution in [1.29, 1.82) is 0 Å². The molecule has 0 atom stereocenters. The first-order valence-corrected chi connectivity index (χ1v) is 7.95. The van der Waals surface area contributed by atoms with E-state index in [1.807, 2.05) is 24.3 Å². The molecular weight excluding hydrogens is 319 g/mol. The van der Waals surface area contributed by atoms with Gasteiger partial charge in [-0.3, -0.25) is 4.79 Å². The molecule has 0 bridgehead atoms. The lowest BCUT2D eigenvalue weighted by Crippen LogP contribution is -2.00. The third kappa shape index (κ3) is 3.43. The number of Topliss-reactive ketones (excluding diaryl/α,β-unsaturated/α-hetero) is 1. The van der Waals surface area contributed by atoms with Gasteiger partial charge >= 0.3 is 0 Å². The van der Waals surface area contributed by atoms with E-state index in [1.54, 1.807) is 24.3 Å². The molecule has 22 heavy (non-hydrogen) atoms. The van der Waals surface area contributed by atoms with Gasteiger partial charge in [0.2, 0.25) is 0 Å². The Balaban J connectivity index is 1.76. The summed E-state index contributed by atoms with van der Waals surface area (Å²) in [5.74, 6) is -0.194. The highest BCUT2D eigenvalue weighted by Gasteiger charge is 2.11. The lowest BCUT2D eigenvalue weighted by Gasteiger charge is -2.00. The maximum Gasteiger partial charge on any atom is 0.177 e. The Morgan fingerprint density at radius 2 is 1.64 bits per heavy atom. The van der Waals surface area contributed by atoms with E-state index in [9.17, 15) is 9.18 Å². The monoisotopic (exact) mass is 330 g/mol. The minimum Gasteiger partial charge on any atom is -0.293 e. The van der Waals surface area contributed by atoms with E-state index < -0.39 is 0 Å². The Bertz CT molecular complexity index is 791. The summed E-state index contributed by atoms with van der Waals surface area (Å²) in [6, 6.07) is 17.3. The van der Waals surface area contributed by atoms with Gasteiger partial charge in [0.1, 0.15) is 5.82 Å². The average Bonchev–Trinajstić information content (AvgIpc) is 3.00. The van der Waals surface area contributed by atoms with Crippen molar-refractivity contribution in [3.8, 4) is 10.4 Å². The molecule has 0 unspecified atom stereocenters. The van der Waals surface area contributed by atoms with Gasteiger partial charge in [0.15, 0.2) is 5.78 Å². The zero-order chi connectivity index (χ0) is 15.5. The molecule has 0 spiro atoms. The van der Waals surface area contributed by atoms with Crippen molar-refractivity contribution in [3.05, 3.63) is 81.9 Å². The van der Waals surface area contributed by atoms with Crippen LogP contribution in [-0.2, 0) is 6.42 Å². The molecule has 0 fully saturated rings. The summed E-state index contributed by atoms with van der Waals surface area (Å²) in [6.45, 7) is 0. The van der Waals surface area contributed by atoms with Gasteiger partial charge in [-0.1, -0.05) is 35.9 Å². The molecule has 3 aromatic rings. The number of carbonyl (C=O) groups is 1. The Hall–Kier alpha value is -1.97. The second-order valence-corrected chi connectivity index (χ2v) is 6.42. The van der Waals surface area contributed by atoms with E-state index in [1.165, 1.54) is 23.5 Å². The lowest BCUT2D eigenvalue weighted by molar-refractivity contribution is 0.0997. The van der Waals surface area contributed by atoms with E-state index in [0.717, 1.165) is 16.0 Å². The molecule has 110 valence electrons. The summed E-state index contributed by atoms with van der Waals surface area (Å²) in [6.07, 6.45) is 0.348. The molecule has 3 rings (SSSR count). The highest BCUT2D eigenvalue weighted by atomic mass is 35.5. The number of halogens is 2. The zero-order valence-electron chi connectivity index (χ0n) is 11.6. The molecule has 1 heterocycles. The van der Waals surface area contributed by atoms with Gasteiger partial charge in [-0.15, -0.1) is 11.3 Å². The fourth-order valence-electron chi connectivity index (χ4n) is 2.13. The highest BCUT2D eigenvalue weighted by Crippen LogP contribution is 2.29. The normalized spacial score (nSPS) is 10.6. The highest BCUT2D eigenvalue weighted by molar-refractivity contribution is 7.17. The van der Waals surface area contributed by atoms with Crippen LogP contribution in [0.4, 0.5) is 4.39 Å². The fraction of sp³-hybridized carbons (Fsp3) is 0.0556. The summed E-state index contributed by atoms with van der Waals surface area (Å²) >= 11 is 7.26. The number of thiophene rings is 1. The smallest absolute Gasteiger partial charge is 0.177 e. The minimum atomic E-state index is -0.264. The van der Waals surface area contributed by atoms with Crippen LogP contribution in [0.5, 0.6) is 0 Å². The second-order valence-electron chi connectivity index (χ2n) is 4.90. The minimum absolute atomic E-state index is 0.0701. The van der Waals surface area contributed by atoms with E-state index in [-0.39, 0.29) is 11.6 Å². The van der Waals surface area contributed by atoms with Gasteiger partial charge in [-0.25, -0.2) is 4.39 Å². The summed E-state index contributed by atoms with van der Waals surface area (Å²) in [7, 11) is 0. The summed E-state index contributed by atoms with van der Waals surface area (Å²) in [4.78, 5) is 14.0. The molecule has 0 saturated carbocycles. The maximum atomic E-state index is 12.9. The number of rotatable bonds is 4. The Kier molecular flexibility index (Phi) is 4.36. The molecule has 0 amide bonds. The topological polar surface area (TPSA) is 17.1 Å². The molecule has 2 aromatic carbocycles. The van der Waals surface area contributed by atoms with Crippen molar-refractivity contribution in [2.24, 2.45) is 0 Å². The van der Waals surface area contributed by atoms with Crippen molar-refractivity contribution in [2.45, 2.75) is 6.42 Å². The third-order valence-electron chi connectivity index (χ3n) is 3.29. The van der Waals surface area contributed by atoms with E-state index in [4.69, 9.17) is 11.6 Å². The predicted molar refractivity (Wildman–Crippen MR) is 89.2 cm³/mol. The molecule has 0 aliphatic carbocycles. The molecule has 0 saturated heterocycles. The van der Waals surface area contributed by atoms with Crippen LogP contribution in [0.1, 0.15) is 15.2 Å². The van der Waals surface area contributed by atoms with Crippen LogP contribution < -0.4 is 0 Å². The van der Waals surface area contributed by atoms with Crippen molar-refractivity contribution in [2.75, 3.05) is 0 Å². The fourth-order valence-corrected chi connectivity index (χ4v) is 3.21. The molecule has 0 radical (unpaired) electrons. The van der Waals surface area contributed by atoms with Gasteiger partial charge in [-0.05, 0) is 47.5 Å². The van der Waals surface area contributed by atoms with E-state index in [0.29, 0.717) is 16.3 Å². The van der Waals surface area contributed by atoms with E-state index >= 15 is 0 Å². The first-order valence-electron chi connectivity index (χ1n) is 6.75. The molecule has 1 aromatic heterocycles. The van der Waals surface area contributed by atoms with Crippen molar-refractivity contribution >= 4 is 28.7 Å². The zero-order valence-corrected chi connectivity index (χ0v) is 13.1. The second kappa shape index (κ2) is 6.42.